The lowest BCUT2D eigenvalue weighted by Gasteiger charge is -2.21. The molecule has 1 aliphatic heterocycles. The quantitative estimate of drug-likeness (QED) is 0.512. The fourth-order valence-electron chi connectivity index (χ4n) is 0.725. The molecule has 1 aliphatic rings. The van der Waals surface area contributed by atoms with Crippen molar-refractivity contribution in [3.05, 3.63) is 12.2 Å². The second-order valence-corrected chi connectivity index (χ2v) is 2.24. The molecule has 0 saturated heterocycles. The third kappa shape index (κ3) is 1.83. The first-order valence-electron chi connectivity index (χ1n) is 3.37. The normalized spacial score (nSPS) is 19.7. The summed E-state index contributed by atoms with van der Waals surface area (Å²) >= 11 is 0. The van der Waals surface area contributed by atoms with E-state index in [1.54, 1.807) is 0 Å². The first-order chi connectivity index (χ1) is 6.12. The number of esters is 2. The van der Waals surface area contributed by atoms with E-state index < -0.39 is 24.3 Å². The minimum Gasteiger partial charge on any atom is -0.405 e. The number of carbonyl (C=O) groups is 2. The second kappa shape index (κ2) is 3.25. The van der Waals surface area contributed by atoms with Gasteiger partial charge in [-0.3, -0.25) is 0 Å². The van der Waals surface area contributed by atoms with Gasteiger partial charge in [0.2, 0.25) is 0 Å². The van der Waals surface area contributed by atoms with Crippen LogP contribution in [0.15, 0.2) is 12.2 Å². The number of hydrogen-bond acceptors (Lipinski definition) is 6. The Labute approximate surface area is 73.5 Å². The summed E-state index contributed by atoms with van der Waals surface area (Å²) < 4.78 is 9.03. The molecule has 1 heterocycles. The number of rotatable bonds is 1. The van der Waals surface area contributed by atoms with E-state index in [9.17, 15) is 9.59 Å². The smallest absolute Gasteiger partial charge is 0.359 e. The zero-order valence-electron chi connectivity index (χ0n) is 6.52. The Hall–Kier alpha value is -1.87. The van der Waals surface area contributed by atoms with Gasteiger partial charge in [-0.1, -0.05) is 0 Å². The van der Waals surface area contributed by atoms with Crippen molar-refractivity contribution in [2.45, 2.75) is 5.79 Å². The topological polar surface area (TPSA) is 102 Å². The van der Waals surface area contributed by atoms with Crippen molar-refractivity contribution in [1.29, 1.82) is 5.26 Å². The molecule has 0 fully saturated rings. The van der Waals surface area contributed by atoms with Crippen molar-refractivity contribution in [2.24, 2.45) is 5.73 Å². The molecule has 0 aromatic carbocycles. The zero-order chi connectivity index (χ0) is 9.90. The second-order valence-electron chi connectivity index (χ2n) is 2.24. The van der Waals surface area contributed by atoms with Crippen LogP contribution in [0.3, 0.4) is 0 Å². The maximum Gasteiger partial charge on any atom is 0.359 e. The van der Waals surface area contributed by atoms with Crippen LogP contribution < -0.4 is 5.73 Å². The molecule has 6 heteroatoms. The van der Waals surface area contributed by atoms with Gasteiger partial charge in [0.1, 0.15) is 0 Å². The van der Waals surface area contributed by atoms with E-state index in [4.69, 9.17) is 11.0 Å². The molecule has 6 nitrogen and oxygen atoms in total. The molecule has 0 unspecified atom stereocenters. The Morgan fingerprint density at radius 1 is 1.38 bits per heavy atom. The minimum absolute atomic E-state index is 0.400. The van der Waals surface area contributed by atoms with Crippen molar-refractivity contribution in [3.63, 3.8) is 0 Å². The molecule has 0 aliphatic carbocycles. The van der Waals surface area contributed by atoms with Crippen LogP contribution in [0.5, 0.6) is 0 Å². The van der Waals surface area contributed by atoms with Gasteiger partial charge in [-0.15, -0.1) is 0 Å². The van der Waals surface area contributed by atoms with Crippen molar-refractivity contribution >= 4 is 11.9 Å². The minimum atomic E-state index is -1.99. The van der Waals surface area contributed by atoms with Crippen LogP contribution >= 0.6 is 0 Å². The molecule has 0 atom stereocenters. The number of hydrogen-bond donors (Lipinski definition) is 1. The summed E-state index contributed by atoms with van der Waals surface area (Å²) in [6.07, 6.45) is 1.74. The summed E-state index contributed by atoms with van der Waals surface area (Å²) in [5.41, 5.74) is 5.14. The Morgan fingerprint density at radius 2 is 1.85 bits per heavy atom. The van der Waals surface area contributed by atoms with Gasteiger partial charge in [-0.2, -0.15) is 5.26 Å². The molecule has 2 N–H and O–H groups in total. The van der Waals surface area contributed by atoms with Crippen LogP contribution in [0.1, 0.15) is 0 Å². The molecule has 0 amide bonds. The molecular weight excluding hydrogens is 176 g/mol. The van der Waals surface area contributed by atoms with Gasteiger partial charge < -0.3 is 15.2 Å². The maximum atomic E-state index is 10.8. The largest absolute Gasteiger partial charge is 0.405 e. The van der Waals surface area contributed by atoms with Crippen molar-refractivity contribution in [3.8, 4) is 6.07 Å². The molecule has 68 valence electrons. The maximum absolute atomic E-state index is 10.8. The summed E-state index contributed by atoms with van der Waals surface area (Å²) in [6, 6.07) is 1.52. The van der Waals surface area contributed by atoms with Gasteiger partial charge in [-0.25, -0.2) is 9.59 Å². The lowest BCUT2D eigenvalue weighted by atomic mass is 10.3. The SMILES string of the molecule is N#CC1(CN)OC(=O)C=CC(=O)O1. The molecule has 1 rings (SSSR count). The first-order valence-corrected chi connectivity index (χ1v) is 3.37. The van der Waals surface area contributed by atoms with E-state index in [-0.39, 0.29) is 0 Å². The number of nitriles is 1. The fraction of sp³-hybridized carbons (Fsp3) is 0.286. The Morgan fingerprint density at radius 3 is 2.15 bits per heavy atom. The Bertz CT molecular complexity index is 295. The van der Waals surface area contributed by atoms with E-state index in [0.29, 0.717) is 0 Å². The summed E-state index contributed by atoms with van der Waals surface area (Å²) in [5, 5.41) is 8.59. The Balaban J connectivity index is 2.97. The van der Waals surface area contributed by atoms with Crippen molar-refractivity contribution in [1.82, 2.24) is 0 Å². The predicted molar refractivity (Wildman–Crippen MR) is 38.7 cm³/mol. The molecule has 0 aromatic heterocycles. The highest BCUT2D eigenvalue weighted by Gasteiger charge is 2.38. The van der Waals surface area contributed by atoms with Gasteiger partial charge in [-0.05, 0) is 0 Å². The molecule has 13 heavy (non-hydrogen) atoms. The van der Waals surface area contributed by atoms with Crippen molar-refractivity contribution in [2.75, 3.05) is 6.54 Å². The average Bonchev–Trinajstić information content (AvgIpc) is 2.26. The van der Waals surface area contributed by atoms with Crippen LogP contribution in [0.2, 0.25) is 0 Å². The van der Waals surface area contributed by atoms with Gasteiger partial charge in [0.25, 0.3) is 0 Å². The molecule has 0 bridgehead atoms. The van der Waals surface area contributed by atoms with E-state index in [0.717, 1.165) is 12.2 Å². The van der Waals surface area contributed by atoms with Crippen LogP contribution in [0.25, 0.3) is 0 Å². The van der Waals surface area contributed by atoms with Crippen molar-refractivity contribution < 1.29 is 19.1 Å². The van der Waals surface area contributed by atoms with Crippen LogP contribution in [-0.2, 0) is 19.1 Å². The van der Waals surface area contributed by atoms with Crippen LogP contribution in [0.4, 0.5) is 0 Å². The van der Waals surface area contributed by atoms with Crippen LogP contribution in [0, 0.1) is 11.3 Å². The summed E-state index contributed by atoms with van der Waals surface area (Å²) in [5.74, 6) is -3.66. The van der Waals surface area contributed by atoms with E-state index in [1.165, 1.54) is 6.07 Å². The standard InChI is InChI=1S/C7H6N2O4/c8-3-7(4-9)12-5(10)1-2-6(11)13-7/h1-2H,3,8H2. The predicted octanol–water partition coefficient (Wildman–Crippen LogP) is -1.18. The fourth-order valence-corrected chi connectivity index (χ4v) is 0.725. The monoisotopic (exact) mass is 182 g/mol. The van der Waals surface area contributed by atoms with Gasteiger partial charge >= 0.3 is 17.7 Å². The Kier molecular flexibility index (Phi) is 2.30. The lowest BCUT2D eigenvalue weighted by Crippen LogP contribution is -2.43. The van der Waals surface area contributed by atoms with E-state index >= 15 is 0 Å². The van der Waals surface area contributed by atoms with Gasteiger partial charge in [0.05, 0.1) is 6.54 Å². The average molecular weight is 182 g/mol. The molecule has 0 aromatic rings. The van der Waals surface area contributed by atoms with Crippen LogP contribution in [-0.4, -0.2) is 24.3 Å². The van der Waals surface area contributed by atoms with E-state index in [1.807, 2.05) is 0 Å². The highest BCUT2D eigenvalue weighted by molar-refractivity contribution is 5.93. The van der Waals surface area contributed by atoms with E-state index in [2.05, 4.69) is 9.47 Å². The third-order valence-electron chi connectivity index (χ3n) is 1.33. The molecule has 0 spiro atoms. The number of nitrogens with zero attached hydrogens (tertiary/aromatic N) is 1. The highest BCUT2D eigenvalue weighted by Crippen LogP contribution is 2.14. The highest BCUT2D eigenvalue weighted by atomic mass is 16.7. The lowest BCUT2D eigenvalue weighted by molar-refractivity contribution is -0.196. The third-order valence-corrected chi connectivity index (χ3v) is 1.33. The number of carbonyl (C=O) groups excluding carboxylic acids is 2. The number of ether oxygens (including phenoxy) is 2. The van der Waals surface area contributed by atoms with Gasteiger partial charge in [0, 0.05) is 12.2 Å². The first kappa shape index (κ1) is 9.22. The molecular formula is C7H6N2O4. The zero-order valence-corrected chi connectivity index (χ0v) is 6.52. The van der Waals surface area contributed by atoms with Gasteiger partial charge in [0.15, 0.2) is 6.07 Å². The number of cyclic esters (lactones) is 2. The summed E-state index contributed by atoms with van der Waals surface area (Å²) in [6.45, 7) is -0.400. The summed E-state index contributed by atoms with van der Waals surface area (Å²) in [4.78, 5) is 21.6. The number of nitrogens with two attached hydrogens (primary N) is 1. The molecule has 0 saturated carbocycles. The molecule has 0 radical (unpaired) electrons. The summed E-state index contributed by atoms with van der Waals surface area (Å²) in [7, 11) is 0.